The minimum absolute atomic E-state index is 0.221. The maximum atomic E-state index is 5.63. The Morgan fingerprint density at radius 2 is 2.00 bits per heavy atom. The molecule has 0 aliphatic carbocycles. The van der Waals surface area contributed by atoms with Crippen molar-refractivity contribution in [3.8, 4) is 11.5 Å². The summed E-state index contributed by atoms with van der Waals surface area (Å²) < 4.78 is 11.3. The molecule has 32 heavy (non-hydrogen) atoms. The van der Waals surface area contributed by atoms with E-state index in [1.807, 2.05) is 36.5 Å². The SMILES string of the molecule is CN=C(NCc1ccnc(N2CCOC(C)C2)c1)NCc1coc(-c2ccc(C)cc2)n1. The molecule has 8 heteroatoms. The Morgan fingerprint density at radius 3 is 2.78 bits per heavy atom. The molecule has 0 radical (unpaired) electrons. The summed E-state index contributed by atoms with van der Waals surface area (Å²) >= 11 is 0. The van der Waals surface area contributed by atoms with E-state index in [4.69, 9.17) is 9.15 Å². The van der Waals surface area contributed by atoms with Gasteiger partial charge in [0.2, 0.25) is 5.89 Å². The summed E-state index contributed by atoms with van der Waals surface area (Å²) in [5, 5.41) is 6.64. The van der Waals surface area contributed by atoms with Crippen molar-refractivity contribution < 1.29 is 9.15 Å². The summed E-state index contributed by atoms with van der Waals surface area (Å²) in [5.74, 6) is 2.29. The second-order valence-electron chi connectivity index (χ2n) is 7.94. The van der Waals surface area contributed by atoms with Gasteiger partial charge in [0, 0.05) is 38.4 Å². The number of nitrogens with zero attached hydrogens (tertiary/aromatic N) is 4. The van der Waals surface area contributed by atoms with E-state index in [1.54, 1.807) is 13.3 Å². The van der Waals surface area contributed by atoms with Crippen LogP contribution in [-0.4, -0.2) is 48.8 Å². The molecule has 2 aromatic heterocycles. The molecular weight excluding hydrogens is 404 g/mol. The average Bonchev–Trinajstić information content (AvgIpc) is 3.29. The van der Waals surface area contributed by atoms with Crippen molar-refractivity contribution in [2.24, 2.45) is 4.99 Å². The van der Waals surface area contributed by atoms with Crippen LogP contribution in [0.5, 0.6) is 0 Å². The first-order valence-electron chi connectivity index (χ1n) is 10.9. The molecule has 3 aromatic rings. The molecule has 1 saturated heterocycles. The second-order valence-corrected chi connectivity index (χ2v) is 7.94. The molecule has 1 aliphatic rings. The zero-order chi connectivity index (χ0) is 22.3. The van der Waals surface area contributed by atoms with Crippen molar-refractivity contribution >= 4 is 11.8 Å². The van der Waals surface area contributed by atoms with Gasteiger partial charge in [0.1, 0.15) is 12.1 Å². The van der Waals surface area contributed by atoms with Crippen LogP contribution in [0.4, 0.5) is 5.82 Å². The molecule has 168 valence electrons. The van der Waals surface area contributed by atoms with E-state index >= 15 is 0 Å². The first-order valence-corrected chi connectivity index (χ1v) is 10.9. The Kier molecular flexibility index (Phi) is 7.01. The van der Waals surface area contributed by atoms with Crippen LogP contribution in [0.15, 0.2) is 58.3 Å². The molecule has 1 atom stereocenters. The highest BCUT2D eigenvalue weighted by molar-refractivity contribution is 5.79. The third-order valence-electron chi connectivity index (χ3n) is 5.35. The van der Waals surface area contributed by atoms with Crippen molar-refractivity contribution in [1.29, 1.82) is 0 Å². The number of nitrogens with one attached hydrogen (secondary N) is 2. The summed E-state index contributed by atoms with van der Waals surface area (Å²) in [6.45, 7) is 7.75. The lowest BCUT2D eigenvalue weighted by Gasteiger charge is -2.32. The van der Waals surface area contributed by atoms with E-state index in [1.165, 1.54) is 5.56 Å². The smallest absolute Gasteiger partial charge is 0.226 e. The number of oxazole rings is 1. The molecule has 1 aliphatic heterocycles. The number of guanidine groups is 1. The first kappa shape index (κ1) is 21.8. The molecule has 0 bridgehead atoms. The molecule has 8 nitrogen and oxygen atoms in total. The maximum absolute atomic E-state index is 5.63. The number of ether oxygens (including phenoxy) is 1. The molecule has 2 N–H and O–H groups in total. The number of aliphatic imine (C=N–C) groups is 1. The van der Waals surface area contributed by atoms with Crippen LogP contribution in [0, 0.1) is 6.92 Å². The highest BCUT2D eigenvalue weighted by Crippen LogP contribution is 2.19. The zero-order valence-electron chi connectivity index (χ0n) is 18.8. The number of anilines is 1. The third-order valence-corrected chi connectivity index (χ3v) is 5.35. The lowest BCUT2D eigenvalue weighted by Crippen LogP contribution is -2.41. The van der Waals surface area contributed by atoms with E-state index in [2.05, 4.69) is 50.4 Å². The van der Waals surface area contributed by atoms with Gasteiger partial charge in [-0.15, -0.1) is 0 Å². The van der Waals surface area contributed by atoms with E-state index in [-0.39, 0.29) is 6.10 Å². The predicted molar refractivity (Wildman–Crippen MR) is 126 cm³/mol. The van der Waals surface area contributed by atoms with E-state index in [9.17, 15) is 0 Å². The van der Waals surface area contributed by atoms with Gasteiger partial charge in [-0.3, -0.25) is 4.99 Å². The molecule has 0 amide bonds. The van der Waals surface area contributed by atoms with Crippen LogP contribution >= 0.6 is 0 Å². The van der Waals surface area contributed by atoms with Gasteiger partial charge in [-0.1, -0.05) is 17.7 Å². The van der Waals surface area contributed by atoms with Crippen LogP contribution in [0.3, 0.4) is 0 Å². The number of pyridine rings is 1. The zero-order valence-corrected chi connectivity index (χ0v) is 18.8. The molecule has 1 aromatic carbocycles. The number of aromatic nitrogens is 2. The van der Waals surface area contributed by atoms with Crippen molar-refractivity contribution in [1.82, 2.24) is 20.6 Å². The molecule has 3 heterocycles. The highest BCUT2D eigenvalue weighted by atomic mass is 16.5. The molecule has 0 spiro atoms. The summed E-state index contributed by atoms with van der Waals surface area (Å²) in [6.07, 6.45) is 3.75. The monoisotopic (exact) mass is 434 g/mol. The number of rotatable bonds is 6. The highest BCUT2D eigenvalue weighted by Gasteiger charge is 2.18. The topological polar surface area (TPSA) is 87.8 Å². The Bertz CT molecular complexity index is 1050. The van der Waals surface area contributed by atoms with Gasteiger partial charge in [-0.25, -0.2) is 9.97 Å². The molecule has 1 unspecified atom stereocenters. The largest absolute Gasteiger partial charge is 0.444 e. The fourth-order valence-electron chi connectivity index (χ4n) is 3.57. The van der Waals surface area contributed by atoms with E-state index in [0.717, 1.165) is 42.3 Å². The lowest BCUT2D eigenvalue weighted by atomic mass is 10.1. The minimum atomic E-state index is 0.221. The summed E-state index contributed by atoms with van der Waals surface area (Å²) in [5.41, 5.74) is 4.13. The van der Waals surface area contributed by atoms with Crippen molar-refractivity contribution in [3.63, 3.8) is 0 Å². The Hall–Kier alpha value is -3.39. The van der Waals surface area contributed by atoms with Gasteiger partial charge >= 0.3 is 0 Å². The normalized spacial score (nSPS) is 16.8. The fourth-order valence-corrected chi connectivity index (χ4v) is 3.57. The van der Waals surface area contributed by atoms with E-state index in [0.29, 0.717) is 24.9 Å². The van der Waals surface area contributed by atoms with E-state index < -0.39 is 0 Å². The quantitative estimate of drug-likeness (QED) is 0.455. The Labute approximate surface area is 188 Å². The van der Waals surface area contributed by atoms with Crippen molar-refractivity contribution in [2.75, 3.05) is 31.6 Å². The summed E-state index contributed by atoms with van der Waals surface area (Å²) in [4.78, 5) is 15.7. The van der Waals surface area contributed by atoms with Gasteiger partial charge in [-0.2, -0.15) is 0 Å². The number of benzene rings is 1. The average molecular weight is 435 g/mol. The van der Waals surface area contributed by atoms with Crippen LogP contribution in [0.1, 0.15) is 23.7 Å². The Balaban J connectivity index is 1.30. The van der Waals surface area contributed by atoms with Gasteiger partial charge < -0.3 is 24.7 Å². The summed E-state index contributed by atoms with van der Waals surface area (Å²) in [7, 11) is 1.75. The van der Waals surface area contributed by atoms with Gasteiger partial charge in [-0.05, 0) is 43.7 Å². The standard InChI is InChI=1S/C24H30N6O2/c1-17-4-6-20(7-5-17)23-29-21(16-32-23)14-28-24(25-3)27-13-19-8-9-26-22(12-19)30-10-11-31-18(2)15-30/h4-9,12,16,18H,10-11,13-15H2,1-3H3,(H2,25,27,28). The van der Waals surface area contributed by atoms with Gasteiger partial charge in [0.25, 0.3) is 0 Å². The number of hydrogen-bond donors (Lipinski definition) is 2. The fraction of sp³-hybridized carbons (Fsp3) is 0.375. The number of hydrogen-bond acceptors (Lipinski definition) is 6. The molecule has 1 fully saturated rings. The molecule has 0 saturated carbocycles. The van der Waals surface area contributed by atoms with Crippen molar-refractivity contribution in [2.45, 2.75) is 33.0 Å². The van der Waals surface area contributed by atoms with Crippen molar-refractivity contribution in [3.05, 3.63) is 65.7 Å². The van der Waals surface area contributed by atoms with Gasteiger partial charge in [0.05, 0.1) is 24.9 Å². The Morgan fingerprint density at radius 1 is 1.19 bits per heavy atom. The second kappa shape index (κ2) is 10.3. The van der Waals surface area contributed by atoms with Gasteiger partial charge in [0.15, 0.2) is 5.96 Å². The van der Waals surface area contributed by atoms with Crippen LogP contribution in [-0.2, 0) is 17.8 Å². The summed E-state index contributed by atoms with van der Waals surface area (Å²) in [6, 6.07) is 12.3. The molecule has 4 rings (SSSR count). The van der Waals surface area contributed by atoms with Crippen LogP contribution in [0.25, 0.3) is 11.5 Å². The predicted octanol–water partition coefficient (Wildman–Crippen LogP) is 3.14. The lowest BCUT2D eigenvalue weighted by molar-refractivity contribution is 0.0529. The van der Waals surface area contributed by atoms with Crippen LogP contribution in [0.2, 0.25) is 0 Å². The first-order chi connectivity index (χ1) is 15.6. The number of aryl methyl sites for hydroxylation is 1. The van der Waals surface area contributed by atoms with Crippen LogP contribution < -0.4 is 15.5 Å². The molecular formula is C24H30N6O2. The third kappa shape index (κ3) is 5.64. The number of morpholine rings is 1. The minimum Gasteiger partial charge on any atom is -0.444 e. The maximum Gasteiger partial charge on any atom is 0.226 e.